The SMILES string of the molecule is O=C(CCc1ccc(CNCCc2c(C#CCO)[nH]c3ccccc23)cc1)NO. The van der Waals surface area contributed by atoms with Gasteiger partial charge in [0.25, 0.3) is 0 Å². The van der Waals surface area contributed by atoms with Crippen molar-refractivity contribution in [3.63, 3.8) is 0 Å². The summed E-state index contributed by atoms with van der Waals surface area (Å²) in [5.74, 6) is 5.36. The summed E-state index contributed by atoms with van der Waals surface area (Å²) in [6.45, 7) is 1.39. The van der Waals surface area contributed by atoms with Crippen molar-refractivity contribution in [3.05, 3.63) is 70.9 Å². The van der Waals surface area contributed by atoms with Crippen LogP contribution in [0.15, 0.2) is 48.5 Å². The van der Waals surface area contributed by atoms with Crippen LogP contribution in [0.1, 0.15) is 28.8 Å². The maximum absolute atomic E-state index is 11.1. The topological polar surface area (TPSA) is 97.4 Å². The van der Waals surface area contributed by atoms with Gasteiger partial charge in [0.05, 0.1) is 5.69 Å². The molecule has 0 saturated carbocycles. The summed E-state index contributed by atoms with van der Waals surface area (Å²) in [5, 5.41) is 22.1. The molecule has 0 aliphatic rings. The molecule has 29 heavy (non-hydrogen) atoms. The van der Waals surface area contributed by atoms with Gasteiger partial charge in [0.2, 0.25) is 5.91 Å². The lowest BCUT2D eigenvalue weighted by molar-refractivity contribution is -0.129. The van der Waals surface area contributed by atoms with Gasteiger partial charge in [-0.05, 0) is 48.1 Å². The van der Waals surface area contributed by atoms with Gasteiger partial charge in [0.1, 0.15) is 6.61 Å². The van der Waals surface area contributed by atoms with Crippen LogP contribution in [0, 0.1) is 11.8 Å². The Labute approximate surface area is 169 Å². The van der Waals surface area contributed by atoms with Crippen LogP contribution in [-0.4, -0.2) is 34.4 Å². The summed E-state index contributed by atoms with van der Waals surface area (Å²) in [5.41, 5.74) is 6.94. The van der Waals surface area contributed by atoms with E-state index in [1.165, 1.54) is 5.56 Å². The summed E-state index contributed by atoms with van der Waals surface area (Å²) in [7, 11) is 0. The smallest absolute Gasteiger partial charge is 0.243 e. The fourth-order valence-electron chi connectivity index (χ4n) is 3.28. The summed E-state index contributed by atoms with van der Waals surface area (Å²) in [6, 6.07) is 16.2. The highest BCUT2D eigenvalue weighted by Gasteiger charge is 2.09. The van der Waals surface area contributed by atoms with Gasteiger partial charge in [-0.2, -0.15) is 0 Å². The predicted molar refractivity (Wildman–Crippen MR) is 112 cm³/mol. The summed E-state index contributed by atoms with van der Waals surface area (Å²) < 4.78 is 0. The highest BCUT2D eigenvalue weighted by atomic mass is 16.5. The van der Waals surface area contributed by atoms with Crippen LogP contribution < -0.4 is 10.8 Å². The number of carbonyl (C=O) groups is 1. The number of aromatic amines is 1. The Bertz CT molecular complexity index is 1010. The van der Waals surface area contributed by atoms with Crippen LogP contribution in [0.25, 0.3) is 10.9 Å². The van der Waals surface area contributed by atoms with Gasteiger partial charge in [-0.3, -0.25) is 10.0 Å². The minimum Gasteiger partial charge on any atom is -0.384 e. The molecule has 0 aliphatic heterocycles. The number of hydroxylamine groups is 1. The fraction of sp³-hybridized carbons (Fsp3) is 0.261. The highest BCUT2D eigenvalue weighted by Crippen LogP contribution is 2.22. The molecule has 0 saturated heterocycles. The quantitative estimate of drug-likeness (QED) is 0.176. The Morgan fingerprint density at radius 1 is 1.03 bits per heavy atom. The molecule has 0 fully saturated rings. The van der Waals surface area contributed by atoms with Gasteiger partial charge in [-0.25, -0.2) is 5.48 Å². The molecule has 0 spiro atoms. The van der Waals surface area contributed by atoms with Gasteiger partial charge in [0, 0.05) is 23.9 Å². The molecule has 5 N–H and O–H groups in total. The standard InChI is InChI=1S/C23H25N3O3/c27-15-3-6-22-20(19-4-1-2-5-21(19)25-22)13-14-24-16-18-9-7-17(8-10-18)11-12-23(28)26-29/h1-2,4-5,7-10,24-25,27,29H,11-16H2,(H,26,28). The lowest BCUT2D eigenvalue weighted by Gasteiger charge is -2.07. The van der Waals surface area contributed by atoms with E-state index in [4.69, 9.17) is 10.3 Å². The first-order valence-electron chi connectivity index (χ1n) is 9.62. The van der Waals surface area contributed by atoms with E-state index in [9.17, 15) is 4.79 Å². The first kappa shape index (κ1) is 20.6. The third-order valence-electron chi connectivity index (χ3n) is 4.78. The predicted octanol–water partition coefficient (Wildman–Crippen LogP) is 2.28. The molecule has 0 radical (unpaired) electrons. The minimum atomic E-state index is -0.379. The van der Waals surface area contributed by atoms with E-state index in [0.29, 0.717) is 6.42 Å². The van der Waals surface area contributed by atoms with Crippen LogP contribution in [0.2, 0.25) is 0 Å². The number of aryl methyl sites for hydroxylation is 1. The van der Waals surface area contributed by atoms with Crippen LogP contribution in [-0.2, 0) is 24.2 Å². The third-order valence-corrected chi connectivity index (χ3v) is 4.78. The molecular formula is C23H25N3O3. The molecule has 2 aromatic carbocycles. The van der Waals surface area contributed by atoms with Crippen LogP contribution in [0.4, 0.5) is 0 Å². The number of amides is 1. The molecule has 0 aliphatic carbocycles. The molecule has 150 valence electrons. The van der Waals surface area contributed by atoms with Crippen LogP contribution >= 0.6 is 0 Å². The van der Waals surface area contributed by atoms with Crippen molar-refractivity contribution in [1.29, 1.82) is 0 Å². The number of fused-ring (bicyclic) bond motifs is 1. The van der Waals surface area contributed by atoms with E-state index in [-0.39, 0.29) is 18.9 Å². The van der Waals surface area contributed by atoms with E-state index in [1.54, 1.807) is 5.48 Å². The second-order valence-electron chi connectivity index (χ2n) is 6.76. The maximum Gasteiger partial charge on any atom is 0.243 e. The van der Waals surface area contributed by atoms with Crippen LogP contribution in [0.5, 0.6) is 0 Å². The Morgan fingerprint density at radius 3 is 2.55 bits per heavy atom. The lowest BCUT2D eigenvalue weighted by atomic mass is 10.1. The molecule has 0 bridgehead atoms. The second-order valence-corrected chi connectivity index (χ2v) is 6.76. The van der Waals surface area contributed by atoms with Crippen molar-refractivity contribution in [2.45, 2.75) is 25.8 Å². The lowest BCUT2D eigenvalue weighted by Crippen LogP contribution is -2.18. The van der Waals surface area contributed by atoms with Crippen molar-refractivity contribution in [1.82, 2.24) is 15.8 Å². The van der Waals surface area contributed by atoms with E-state index < -0.39 is 0 Å². The number of H-pyrrole nitrogens is 1. The Hall–Kier alpha value is -3.11. The van der Waals surface area contributed by atoms with Crippen molar-refractivity contribution >= 4 is 16.8 Å². The van der Waals surface area contributed by atoms with Crippen molar-refractivity contribution in [2.75, 3.05) is 13.2 Å². The van der Waals surface area contributed by atoms with E-state index in [0.717, 1.165) is 47.2 Å². The molecule has 1 aromatic heterocycles. The molecular weight excluding hydrogens is 366 g/mol. The Morgan fingerprint density at radius 2 is 1.79 bits per heavy atom. The number of carbonyl (C=O) groups excluding carboxylic acids is 1. The average Bonchev–Trinajstić information content (AvgIpc) is 3.11. The maximum atomic E-state index is 11.1. The number of benzene rings is 2. The van der Waals surface area contributed by atoms with Gasteiger partial charge in [0.15, 0.2) is 0 Å². The van der Waals surface area contributed by atoms with Gasteiger partial charge in [-0.1, -0.05) is 48.4 Å². The molecule has 1 amide bonds. The van der Waals surface area contributed by atoms with Crippen LogP contribution in [0.3, 0.4) is 0 Å². The van der Waals surface area contributed by atoms with Crippen molar-refractivity contribution in [3.8, 4) is 11.8 Å². The highest BCUT2D eigenvalue weighted by molar-refractivity contribution is 5.85. The van der Waals surface area contributed by atoms with E-state index >= 15 is 0 Å². The fourth-order valence-corrected chi connectivity index (χ4v) is 3.28. The molecule has 1 heterocycles. The number of nitrogens with one attached hydrogen (secondary N) is 3. The normalized spacial score (nSPS) is 10.6. The molecule has 3 rings (SSSR count). The monoisotopic (exact) mass is 391 g/mol. The molecule has 6 nitrogen and oxygen atoms in total. The third kappa shape index (κ3) is 5.69. The number of aromatic nitrogens is 1. The van der Waals surface area contributed by atoms with Crippen molar-refractivity contribution < 1.29 is 15.1 Å². The summed E-state index contributed by atoms with van der Waals surface area (Å²) >= 11 is 0. The molecule has 3 aromatic rings. The van der Waals surface area contributed by atoms with Gasteiger partial charge in [-0.15, -0.1) is 0 Å². The minimum absolute atomic E-state index is 0.159. The number of aliphatic hydroxyl groups is 1. The molecule has 6 heteroatoms. The number of rotatable bonds is 8. The number of hydrogen-bond donors (Lipinski definition) is 5. The first-order valence-corrected chi connectivity index (χ1v) is 9.62. The Balaban J connectivity index is 1.55. The summed E-state index contributed by atoms with van der Waals surface area (Å²) in [6.07, 6.45) is 1.69. The average molecular weight is 391 g/mol. The van der Waals surface area contributed by atoms with Gasteiger partial charge >= 0.3 is 0 Å². The zero-order valence-corrected chi connectivity index (χ0v) is 16.2. The zero-order chi connectivity index (χ0) is 20.5. The number of hydrogen-bond acceptors (Lipinski definition) is 4. The van der Waals surface area contributed by atoms with E-state index in [1.807, 2.05) is 42.5 Å². The van der Waals surface area contributed by atoms with Crippen molar-refractivity contribution in [2.24, 2.45) is 0 Å². The largest absolute Gasteiger partial charge is 0.384 e. The summed E-state index contributed by atoms with van der Waals surface area (Å²) in [4.78, 5) is 14.4. The number of para-hydroxylation sites is 1. The number of aliphatic hydroxyl groups excluding tert-OH is 1. The molecule has 0 unspecified atom stereocenters. The Kier molecular flexibility index (Phi) is 7.42. The molecule has 0 atom stereocenters. The van der Waals surface area contributed by atoms with Gasteiger partial charge < -0.3 is 15.4 Å². The first-order chi connectivity index (χ1) is 14.2. The zero-order valence-electron chi connectivity index (χ0n) is 16.2. The van der Waals surface area contributed by atoms with E-state index in [2.05, 4.69) is 28.2 Å². The second kappa shape index (κ2) is 10.4.